The van der Waals surface area contributed by atoms with Crippen LogP contribution in [0.25, 0.3) is 0 Å². The van der Waals surface area contributed by atoms with Crippen molar-refractivity contribution in [1.29, 1.82) is 0 Å². The summed E-state index contributed by atoms with van der Waals surface area (Å²) in [6.07, 6.45) is 63.7. The van der Waals surface area contributed by atoms with Gasteiger partial charge < -0.3 is 19.4 Å². The van der Waals surface area contributed by atoms with Gasteiger partial charge in [0.05, 0.1) is 33.8 Å². The zero-order valence-corrected chi connectivity index (χ0v) is 48.1. The van der Waals surface area contributed by atoms with Crippen LogP contribution in [0.15, 0.2) is 60.8 Å². The number of nitrogens with zero attached hydrogens (tertiary/aromatic N) is 1. The average molecular weight is 1020 g/mol. The van der Waals surface area contributed by atoms with Crippen LogP contribution in [0.4, 0.5) is 0 Å². The van der Waals surface area contributed by atoms with Crippen LogP contribution < -0.4 is 5.32 Å². The molecule has 0 fully saturated rings. The first-order valence-corrected chi connectivity index (χ1v) is 31.1. The van der Waals surface area contributed by atoms with Crippen LogP contribution in [0.5, 0.6) is 0 Å². The van der Waals surface area contributed by atoms with Crippen molar-refractivity contribution in [2.24, 2.45) is 0 Å². The fourth-order valence-corrected chi connectivity index (χ4v) is 9.05. The maximum absolute atomic E-state index is 13.5. The van der Waals surface area contributed by atoms with Crippen molar-refractivity contribution < 1.29 is 37.3 Å². The van der Waals surface area contributed by atoms with Gasteiger partial charge in [0.1, 0.15) is 19.3 Å². The van der Waals surface area contributed by atoms with E-state index in [1.807, 2.05) is 39.4 Å². The van der Waals surface area contributed by atoms with Crippen LogP contribution >= 0.6 is 7.82 Å². The highest BCUT2D eigenvalue weighted by Gasteiger charge is 2.30. The largest absolute Gasteiger partial charge is 0.472 e. The van der Waals surface area contributed by atoms with E-state index in [9.17, 15) is 19.0 Å². The van der Waals surface area contributed by atoms with Gasteiger partial charge in [-0.3, -0.25) is 18.6 Å². The number of allylic oxidation sites excluding steroid dienone is 9. The first-order valence-electron chi connectivity index (χ1n) is 29.6. The molecule has 3 atom stereocenters. The Morgan fingerprint density at radius 2 is 0.873 bits per heavy atom. The van der Waals surface area contributed by atoms with E-state index in [-0.39, 0.29) is 25.5 Å². The van der Waals surface area contributed by atoms with Crippen LogP contribution in [-0.2, 0) is 27.9 Å². The molecule has 0 aliphatic heterocycles. The summed E-state index contributed by atoms with van der Waals surface area (Å²) in [5, 5.41) is 3.04. The van der Waals surface area contributed by atoms with Gasteiger partial charge in [-0.05, 0) is 83.1 Å². The lowest BCUT2D eigenvalue weighted by Gasteiger charge is -2.27. The predicted molar refractivity (Wildman–Crippen MR) is 305 cm³/mol. The summed E-state index contributed by atoms with van der Waals surface area (Å²) in [6, 6.07) is -0.873. The summed E-state index contributed by atoms with van der Waals surface area (Å²) in [5.41, 5.74) is 0. The lowest BCUT2D eigenvalue weighted by atomic mass is 10.0. The van der Waals surface area contributed by atoms with Crippen molar-refractivity contribution in [2.45, 2.75) is 277 Å². The summed E-state index contributed by atoms with van der Waals surface area (Å²) >= 11 is 0. The first kappa shape index (κ1) is 68.7. The van der Waals surface area contributed by atoms with E-state index in [1.165, 1.54) is 154 Å². The fourth-order valence-electron chi connectivity index (χ4n) is 8.32. The van der Waals surface area contributed by atoms with Crippen LogP contribution in [0, 0.1) is 0 Å². The van der Waals surface area contributed by atoms with E-state index in [0.29, 0.717) is 23.9 Å². The average Bonchev–Trinajstić information content (AvgIpc) is 3.33. The number of phosphoric acid groups is 1. The monoisotopic (exact) mass is 1020 g/mol. The maximum Gasteiger partial charge on any atom is 0.472 e. The third-order valence-corrected chi connectivity index (χ3v) is 13.9. The number of phosphoric ester groups is 1. The highest BCUT2D eigenvalue weighted by Crippen LogP contribution is 2.43. The molecule has 9 nitrogen and oxygen atoms in total. The lowest BCUT2D eigenvalue weighted by molar-refractivity contribution is -0.870. The van der Waals surface area contributed by atoms with Crippen LogP contribution in [-0.4, -0.2) is 74.3 Å². The number of carbonyl (C=O) groups is 2. The number of hydrogen-bond acceptors (Lipinski definition) is 6. The number of unbranched alkanes of at least 4 members (excludes halogenated alkanes) is 29. The summed E-state index contributed by atoms with van der Waals surface area (Å²) in [7, 11) is 1.47. The molecule has 2 N–H and O–H groups in total. The molecule has 0 saturated carbocycles. The number of esters is 1. The molecule has 0 radical (unpaired) electrons. The molecule has 0 aromatic carbocycles. The zero-order chi connectivity index (χ0) is 52.2. The molecule has 0 aliphatic carbocycles. The first-order chi connectivity index (χ1) is 34.4. The summed E-state index contributed by atoms with van der Waals surface area (Å²) in [6.45, 7) is 6.95. The molecule has 0 spiro atoms. The third-order valence-electron chi connectivity index (χ3n) is 12.9. The number of carbonyl (C=O) groups excluding carboxylic acids is 2. The molecule has 0 bridgehead atoms. The standard InChI is InChI=1S/C61H113N2O7P/c1-7-10-13-16-19-22-25-28-29-30-31-32-33-36-38-41-44-47-50-53-60(64)62-58(57-69-71(66,67)68-56-55-63(4,5)6)59(52-49-46-43-40-37-34-26-23-20-17-14-11-8-2)70-61(65)54-51-48-45-42-39-35-27-24-21-18-15-12-9-3/h19,22,28-29,35,39,45,48-49,52,58-59H,7-18,20-21,23-27,30-34,36-38,40-44,46-47,50-51,53-57H2,1-6H3,(H-,62,64,66,67)/p+1/b22-19-,29-28-,39-35-,48-45+,52-49-. The van der Waals surface area contributed by atoms with Gasteiger partial charge in [0, 0.05) is 12.8 Å². The second-order valence-corrected chi connectivity index (χ2v) is 22.6. The summed E-state index contributed by atoms with van der Waals surface area (Å²) < 4.78 is 30.6. The molecule has 414 valence electrons. The van der Waals surface area contributed by atoms with Crippen molar-refractivity contribution in [2.75, 3.05) is 40.9 Å². The second-order valence-electron chi connectivity index (χ2n) is 21.2. The Bertz CT molecular complexity index is 1400. The molecule has 0 aromatic heterocycles. The normalized spacial score (nSPS) is 14.2. The van der Waals surface area contributed by atoms with Crippen molar-refractivity contribution >= 4 is 19.7 Å². The number of hydrogen-bond donors (Lipinski definition) is 2. The van der Waals surface area contributed by atoms with Crippen molar-refractivity contribution in [1.82, 2.24) is 5.32 Å². The van der Waals surface area contributed by atoms with E-state index in [0.717, 1.165) is 70.6 Å². The topological polar surface area (TPSA) is 111 Å². The van der Waals surface area contributed by atoms with Crippen LogP contribution in [0.3, 0.4) is 0 Å². The quantitative estimate of drug-likeness (QED) is 0.0205. The molecule has 1 amide bonds. The van der Waals surface area contributed by atoms with Gasteiger partial charge in [-0.15, -0.1) is 0 Å². The fraction of sp³-hybridized carbons (Fsp3) is 0.803. The number of quaternary nitrogens is 1. The SMILES string of the molecule is CCCCC/C=C\C/C=C\CCCCCCCCCCCC(=O)NC(COP(=O)(O)OCC[N+](C)(C)C)C(/C=C\CCCCCCCCCCCCC)OC(=O)CC/C=C/C/C=C\CCCCCCCC. The van der Waals surface area contributed by atoms with Crippen LogP contribution in [0.2, 0.25) is 0 Å². The van der Waals surface area contributed by atoms with Gasteiger partial charge >= 0.3 is 13.8 Å². The predicted octanol–water partition coefficient (Wildman–Crippen LogP) is 17.9. The number of likely N-dealkylation sites (N-methyl/N-ethyl adjacent to an activating group) is 1. The maximum atomic E-state index is 13.5. The highest BCUT2D eigenvalue weighted by atomic mass is 31.2. The molecule has 0 rings (SSSR count). The van der Waals surface area contributed by atoms with Crippen LogP contribution in [0.1, 0.15) is 265 Å². The molecule has 0 heterocycles. The summed E-state index contributed by atoms with van der Waals surface area (Å²) in [5.74, 6) is -0.585. The highest BCUT2D eigenvalue weighted by molar-refractivity contribution is 7.47. The molecular formula is C61H114N2O7P+. The van der Waals surface area contributed by atoms with Gasteiger partial charge in [0.2, 0.25) is 5.91 Å². The minimum absolute atomic E-state index is 0.0309. The Labute approximate surface area is 439 Å². The number of nitrogens with one attached hydrogen (secondary N) is 1. The third kappa shape index (κ3) is 52.4. The zero-order valence-electron chi connectivity index (χ0n) is 47.2. The Kier molecular flexibility index (Phi) is 49.6. The number of ether oxygens (including phenoxy) is 1. The Balaban J connectivity index is 5.37. The molecule has 0 aliphatic rings. The van der Waals surface area contributed by atoms with Gasteiger partial charge in [-0.2, -0.15) is 0 Å². The molecule has 0 saturated heterocycles. The van der Waals surface area contributed by atoms with Gasteiger partial charge in [-0.1, -0.05) is 230 Å². The Hall–Kier alpha value is -2.29. The van der Waals surface area contributed by atoms with E-state index >= 15 is 0 Å². The lowest BCUT2D eigenvalue weighted by Crippen LogP contribution is -2.47. The van der Waals surface area contributed by atoms with E-state index in [4.69, 9.17) is 13.8 Å². The molecule has 3 unspecified atom stereocenters. The van der Waals surface area contributed by atoms with Gasteiger partial charge in [0.15, 0.2) is 0 Å². The minimum atomic E-state index is -4.46. The van der Waals surface area contributed by atoms with E-state index < -0.39 is 25.9 Å². The molecule has 0 aromatic rings. The number of amides is 1. The van der Waals surface area contributed by atoms with E-state index in [1.54, 1.807) is 0 Å². The van der Waals surface area contributed by atoms with Gasteiger partial charge in [0.25, 0.3) is 0 Å². The smallest absolute Gasteiger partial charge is 0.456 e. The van der Waals surface area contributed by atoms with E-state index in [2.05, 4.69) is 68.6 Å². The van der Waals surface area contributed by atoms with Gasteiger partial charge in [-0.25, -0.2) is 4.57 Å². The Morgan fingerprint density at radius 3 is 1.32 bits per heavy atom. The molecular weight excluding hydrogens is 904 g/mol. The summed E-state index contributed by atoms with van der Waals surface area (Å²) in [4.78, 5) is 37.6. The molecule has 10 heteroatoms. The molecule has 71 heavy (non-hydrogen) atoms. The Morgan fingerprint density at radius 1 is 0.493 bits per heavy atom. The number of rotatable bonds is 53. The minimum Gasteiger partial charge on any atom is -0.456 e. The van der Waals surface area contributed by atoms with Crippen molar-refractivity contribution in [3.05, 3.63) is 60.8 Å². The second kappa shape index (κ2) is 51.2. The van der Waals surface area contributed by atoms with Crippen molar-refractivity contribution in [3.63, 3.8) is 0 Å². The van der Waals surface area contributed by atoms with Crippen molar-refractivity contribution in [3.8, 4) is 0 Å².